The highest BCUT2D eigenvalue weighted by atomic mass is 32.1. The number of carbonyl (C=O) groups excluding carboxylic acids is 1. The first-order valence-corrected chi connectivity index (χ1v) is 7.55. The van der Waals surface area contributed by atoms with Crippen molar-refractivity contribution in [1.29, 1.82) is 0 Å². The maximum Gasteiger partial charge on any atom is 0.263 e. The van der Waals surface area contributed by atoms with Crippen molar-refractivity contribution in [2.24, 2.45) is 0 Å². The van der Waals surface area contributed by atoms with Gasteiger partial charge in [-0.25, -0.2) is 9.37 Å². The number of fused-ring (bicyclic) bond motifs is 1. The maximum atomic E-state index is 13.0. The second-order valence-electron chi connectivity index (χ2n) is 4.80. The van der Waals surface area contributed by atoms with Crippen molar-refractivity contribution >= 4 is 22.2 Å². The number of halogens is 1. The number of hydrogen-bond donors (Lipinski definition) is 1. The fourth-order valence-corrected chi connectivity index (χ4v) is 3.19. The number of carbonyl (C=O) groups is 1. The Morgan fingerprint density at radius 1 is 1.45 bits per heavy atom. The van der Waals surface area contributed by atoms with Crippen LogP contribution in [0.3, 0.4) is 0 Å². The number of rotatable bonds is 4. The van der Waals surface area contributed by atoms with Gasteiger partial charge in [0.05, 0.1) is 5.69 Å². The molecule has 0 fully saturated rings. The molecular formula is C16H14FN3OS. The number of imidazole rings is 1. The van der Waals surface area contributed by atoms with E-state index in [0.29, 0.717) is 11.4 Å². The Kier molecular flexibility index (Phi) is 3.77. The molecule has 6 heteroatoms. The van der Waals surface area contributed by atoms with Gasteiger partial charge in [-0.15, -0.1) is 6.58 Å². The summed E-state index contributed by atoms with van der Waals surface area (Å²) in [6.07, 6.45) is 3.50. The third-order valence-electron chi connectivity index (χ3n) is 3.31. The van der Waals surface area contributed by atoms with Gasteiger partial charge in [-0.3, -0.25) is 9.20 Å². The number of hydrogen-bond acceptors (Lipinski definition) is 3. The van der Waals surface area contributed by atoms with Crippen molar-refractivity contribution in [1.82, 2.24) is 14.7 Å². The van der Waals surface area contributed by atoms with E-state index in [1.807, 2.05) is 17.5 Å². The summed E-state index contributed by atoms with van der Waals surface area (Å²) in [4.78, 5) is 17.9. The molecule has 0 aliphatic carbocycles. The van der Waals surface area contributed by atoms with Crippen molar-refractivity contribution < 1.29 is 9.18 Å². The summed E-state index contributed by atoms with van der Waals surface area (Å²) in [5, 5.41) is 2.76. The highest BCUT2D eigenvalue weighted by molar-refractivity contribution is 7.19. The molecule has 1 N–H and O–H groups in total. The molecule has 0 aliphatic heterocycles. The monoisotopic (exact) mass is 315 g/mol. The van der Waals surface area contributed by atoms with Crippen LogP contribution in [-0.4, -0.2) is 21.8 Å². The van der Waals surface area contributed by atoms with Gasteiger partial charge >= 0.3 is 0 Å². The molecule has 2 aromatic heterocycles. The molecule has 0 bridgehead atoms. The van der Waals surface area contributed by atoms with Crippen LogP contribution in [0.5, 0.6) is 0 Å². The largest absolute Gasteiger partial charge is 0.348 e. The molecule has 22 heavy (non-hydrogen) atoms. The number of benzene rings is 1. The first kappa shape index (κ1) is 14.5. The molecule has 1 aromatic carbocycles. The van der Waals surface area contributed by atoms with E-state index in [0.717, 1.165) is 21.9 Å². The summed E-state index contributed by atoms with van der Waals surface area (Å²) in [6.45, 7) is 5.88. The molecular weight excluding hydrogens is 301 g/mol. The van der Waals surface area contributed by atoms with Crippen LogP contribution in [0.4, 0.5) is 4.39 Å². The van der Waals surface area contributed by atoms with Gasteiger partial charge in [0.25, 0.3) is 5.91 Å². The summed E-state index contributed by atoms with van der Waals surface area (Å²) in [5.41, 5.74) is 2.43. The summed E-state index contributed by atoms with van der Waals surface area (Å²) in [7, 11) is 0. The Morgan fingerprint density at radius 2 is 2.18 bits per heavy atom. The van der Waals surface area contributed by atoms with Crippen LogP contribution in [0.15, 0.2) is 43.1 Å². The van der Waals surface area contributed by atoms with E-state index in [-0.39, 0.29) is 11.7 Å². The van der Waals surface area contributed by atoms with Gasteiger partial charge in [0, 0.05) is 24.0 Å². The fraction of sp³-hybridized carbons (Fsp3) is 0.125. The van der Waals surface area contributed by atoms with Crippen molar-refractivity contribution in [3.63, 3.8) is 0 Å². The van der Waals surface area contributed by atoms with Crippen LogP contribution in [0, 0.1) is 12.7 Å². The Labute approximate surface area is 130 Å². The van der Waals surface area contributed by atoms with E-state index in [1.165, 1.54) is 23.5 Å². The van der Waals surface area contributed by atoms with Gasteiger partial charge in [-0.2, -0.15) is 0 Å². The molecule has 3 rings (SSSR count). The highest BCUT2D eigenvalue weighted by Crippen LogP contribution is 2.27. The highest BCUT2D eigenvalue weighted by Gasteiger charge is 2.17. The Bertz CT molecular complexity index is 848. The van der Waals surface area contributed by atoms with Gasteiger partial charge in [0.1, 0.15) is 10.7 Å². The molecule has 0 radical (unpaired) electrons. The van der Waals surface area contributed by atoms with E-state index in [1.54, 1.807) is 18.2 Å². The van der Waals surface area contributed by atoms with E-state index in [2.05, 4.69) is 16.9 Å². The Morgan fingerprint density at radius 3 is 2.82 bits per heavy atom. The molecule has 0 saturated heterocycles. The number of amides is 1. The van der Waals surface area contributed by atoms with Gasteiger partial charge in [-0.1, -0.05) is 17.4 Å². The number of thiazole rings is 1. The predicted molar refractivity (Wildman–Crippen MR) is 85.7 cm³/mol. The molecule has 0 saturated carbocycles. The van der Waals surface area contributed by atoms with Crippen LogP contribution < -0.4 is 5.32 Å². The predicted octanol–water partition coefficient (Wildman–Crippen LogP) is 3.43. The first-order valence-electron chi connectivity index (χ1n) is 6.73. The normalized spacial score (nSPS) is 10.8. The molecule has 0 atom stereocenters. The van der Waals surface area contributed by atoms with E-state index in [9.17, 15) is 9.18 Å². The second kappa shape index (κ2) is 5.73. The van der Waals surface area contributed by atoms with Crippen LogP contribution in [-0.2, 0) is 0 Å². The lowest BCUT2D eigenvalue weighted by Gasteiger charge is -2.00. The maximum absolute atomic E-state index is 13.0. The second-order valence-corrected chi connectivity index (χ2v) is 5.78. The summed E-state index contributed by atoms with van der Waals surface area (Å²) >= 11 is 1.33. The minimum atomic E-state index is -0.276. The Hall–Kier alpha value is -2.47. The molecule has 3 aromatic rings. The molecule has 0 unspecified atom stereocenters. The lowest BCUT2D eigenvalue weighted by molar-refractivity contribution is 0.0961. The lowest BCUT2D eigenvalue weighted by Crippen LogP contribution is -2.23. The molecule has 4 nitrogen and oxygen atoms in total. The van der Waals surface area contributed by atoms with Crippen LogP contribution in [0.25, 0.3) is 16.2 Å². The van der Waals surface area contributed by atoms with Crippen LogP contribution in [0.2, 0.25) is 0 Å². The summed E-state index contributed by atoms with van der Waals surface area (Å²) < 4.78 is 14.9. The number of aryl methyl sites for hydroxylation is 1. The number of nitrogens with one attached hydrogen (secondary N) is 1. The van der Waals surface area contributed by atoms with Gasteiger partial charge in [-0.05, 0) is 31.2 Å². The van der Waals surface area contributed by atoms with Crippen LogP contribution in [0.1, 0.15) is 15.4 Å². The quantitative estimate of drug-likeness (QED) is 0.750. The average Bonchev–Trinajstić information content (AvgIpc) is 3.06. The van der Waals surface area contributed by atoms with E-state index >= 15 is 0 Å². The molecule has 0 aliphatic rings. The summed E-state index contributed by atoms with van der Waals surface area (Å²) in [5.74, 6) is -0.404. The zero-order valence-corrected chi connectivity index (χ0v) is 12.8. The minimum absolute atomic E-state index is 0.128. The minimum Gasteiger partial charge on any atom is -0.348 e. The number of nitrogens with zero attached hydrogens (tertiary/aromatic N) is 2. The SMILES string of the molecule is C=CCNC(=O)c1sc2nc(-c3ccc(F)cc3)cn2c1C. The third kappa shape index (κ3) is 2.53. The Balaban J connectivity index is 1.97. The average molecular weight is 315 g/mol. The molecule has 1 amide bonds. The van der Waals surface area contributed by atoms with E-state index in [4.69, 9.17) is 0 Å². The smallest absolute Gasteiger partial charge is 0.263 e. The van der Waals surface area contributed by atoms with Gasteiger partial charge in [0.2, 0.25) is 0 Å². The van der Waals surface area contributed by atoms with Gasteiger partial charge < -0.3 is 5.32 Å². The topological polar surface area (TPSA) is 46.4 Å². The van der Waals surface area contributed by atoms with Crippen LogP contribution >= 0.6 is 11.3 Å². The van der Waals surface area contributed by atoms with Gasteiger partial charge in [0.15, 0.2) is 4.96 Å². The standard InChI is InChI=1S/C16H14FN3OS/c1-3-8-18-15(21)14-10(2)20-9-13(19-16(20)22-14)11-4-6-12(17)7-5-11/h3-7,9H,1,8H2,2H3,(H,18,21). The van der Waals surface area contributed by atoms with Crippen molar-refractivity contribution in [3.8, 4) is 11.3 Å². The molecule has 112 valence electrons. The molecule has 2 heterocycles. The fourth-order valence-electron chi connectivity index (χ4n) is 2.17. The zero-order valence-electron chi connectivity index (χ0n) is 12.0. The first-order chi connectivity index (χ1) is 10.6. The third-order valence-corrected chi connectivity index (χ3v) is 4.47. The summed E-state index contributed by atoms with van der Waals surface area (Å²) in [6, 6.07) is 6.19. The lowest BCUT2D eigenvalue weighted by atomic mass is 10.2. The van der Waals surface area contributed by atoms with Crippen molar-refractivity contribution in [2.75, 3.05) is 6.54 Å². The number of aromatic nitrogens is 2. The molecule has 0 spiro atoms. The van der Waals surface area contributed by atoms with Crippen molar-refractivity contribution in [2.45, 2.75) is 6.92 Å². The van der Waals surface area contributed by atoms with Crippen molar-refractivity contribution in [3.05, 3.63) is 59.5 Å². The zero-order chi connectivity index (χ0) is 15.7. The van der Waals surface area contributed by atoms with E-state index < -0.39 is 0 Å².